The van der Waals surface area contributed by atoms with Gasteiger partial charge in [-0.15, -0.1) is 0 Å². The van der Waals surface area contributed by atoms with Crippen molar-refractivity contribution in [3.63, 3.8) is 0 Å². The van der Waals surface area contributed by atoms with Gasteiger partial charge in [0.1, 0.15) is 5.60 Å². The second kappa shape index (κ2) is 4.84. The van der Waals surface area contributed by atoms with Crippen molar-refractivity contribution in [2.45, 2.75) is 45.8 Å². The molecule has 1 saturated heterocycles. The summed E-state index contributed by atoms with van der Waals surface area (Å²) in [6.07, 6.45) is 0.793. The Morgan fingerprint density at radius 3 is 2.73 bits per heavy atom. The molecule has 1 fully saturated rings. The lowest BCUT2D eigenvalue weighted by molar-refractivity contribution is 0.0250. The Kier molecular flexibility index (Phi) is 3.97. The summed E-state index contributed by atoms with van der Waals surface area (Å²) in [5.41, 5.74) is -0.403. The molecule has 1 atom stereocenters. The molecule has 0 aromatic carbocycles. The first-order valence-electron chi connectivity index (χ1n) is 5.60. The van der Waals surface area contributed by atoms with Gasteiger partial charge in [-0.25, -0.2) is 4.79 Å². The zero-order valence-electron chi connectivity index (χ0n) is 10.2. The van der Waals surface area contributed by atoms with Gasteiger partial charge in [-0.1, -0.05) is 0 Å². The highest BCUT2D eigenvalue weighted by Gasteiger charge is 2.24. The van der Waals surface area contributed by atoms with E-state index in [2.05, 4.69) is 12.2 Å². The minimum absolute atomic E-state index is 0.196. The van der Waals surface area contributed by atoms with Crippen molar-refractivity contribution >= 4 is 6.09 Å². The van der Waals surface area contributed by atoms with Gasteiger partial charge in [-0.2, -0.15) is 0 Å². The predicted molar refractivity (Wildman–Crippen MR) is 59.9 cm³/mol. The monoisotopic (exact) mass is 214 g/mol. The molecule has 88 valence electrons. The van der Waals surface area contributed by atoms with Crippen LogP contribution in [0.5, 0.6) is 0 Å². The molecule has 0 bridgehead atoms. The predicted octanol–water partition coefficient (Wildman–Crippen LogP) is 1.61. The molecule has 1 N–H and O–H groups in total. The zero-order chi connectivity index (χ0) is 11.5. The van der Waals surface area contributed by atoms with Gasteiger partial charge in [0, 0.05) is 19.1 Å². The van der Waals surface area contributed by atoms with Crippen LogP contribution in [0.3, 0.4) is 0 Å². The number of carbonyl (C=O) groups is 1. The van der Waals surface area contributed by atoms with Crippen molar-refractivity contribution in [3.05, 3.63) is 0 Å². The average Bonchev–Trinajstić information content (AvgIpc) is 2.26. The maximum absolute atomic E-state index is 11.8. The van der Waals surface area contributed by atoms with E-state index < -0.39 is 5.60 Å². The molecule has 0 aromatic rings. The lowest BCUT2D eigenvalue weighted by atomic mass is 10.2. The van der Waals surface area contributed by atoms with Crippen LogP contribution in [0, 0.1) is 0 Å². The third-order valence-corrected chi connectivity index (χ3v) is 2.24. The van der Waals surface area contributed by atoms with E-state index in [-0.39, 0.29) is 6.09 Å². The molecule has 1 rings (SSSR count). The van der Waals surface area contributed by atoms with Crippen LogP contribution in [-0.4, -0.2) is 42.3 Å². The summed E-state index contributed by atoms with van der Waals surface area (Å²) in [5, 5.41) is 3.34. The summed E-state index contributed by atoms with van der Waals surface area (Å²) in [7, 11) is 0. The minimum Gasteiger partial charge on any atom is -0.444 e. The Labute approximate surface area is 92.0 Å². The summed E-state index contributed by atoms with van der Waals surface area (Å²) >= 11 is 0. The van der Waals surface area contributed by atoms with Crippen molar-refractivity contribution in [2.75, 3.05) is 19.6 Å². The summed E-state index contributed by atoms with van der Waals surface area (Å²) in [4.78, 5) is 13.6. The summed E-state index contributed by atoms with van der Waals surface area (Å²) in [6.45, 7) is 10.3. The van der Waals surface area contributed by atoms with Gasteiger partial charge in [0.05, 0.1) is 0 Å². The Bertz CT molecular complexity index is 223. The lowest BCUT2D eigenvalue weighted by Crippen LogP contribution is -2.41. The van der Waals surface area contributed by atoms with Gasteiger partial charge in [-0.05, 0) is 40.7 Å². The van der Waals surface area contributed by atoms with Gasteiger partial charge >= 0.3 is 6.09 Å². The van der Waals surface area contributed by atoms with Crippen LogP contribution in [0.1, 0.15) is 34.1 Å². The van der Waals surface area contributed by atoms with E-state index in [1.165, 1.54) is 0 Å². The van der Waals surface area contributed by atoms with Crippen LogP contribution < -0.4 is 5.32 Å². The molecule has 1 aliphatic heterocycles. The summed E-state index contributed by atoms with van der Waals surface area (Å²) in [5.74, 6) is 0. The first kappa shape index (κ1) is 12.3. The highest BCUT2D eigenvalue weighted by molar-refractivity contribution is 5.68. The smallest absolute Gasteiger partial charge is 0.410 e. The van der Waals surface area contributed by atoms with E-state index in [1.807, 2.05) is 20.8 Å². The zero-order valence-corrected chi connectivity index (χ0v) is 10.2. The van der Waals surface area contributed by atoms with Crippen LogP contribution in [-0.2, 0) is 4.74 Å². The average molecular weight is 214 g/mol. The van der Waals surface area contributed by atoms with E-state index in [9.17, 15) is 4.79 Å². The molecule has 1 amide bonds. The SMILES string of the molecule is CC1CN(C(=O)OC(C)(C)C)CCCN1. The van der Waals surface area contributed by atoms with Gasteiger partial charge < -0.3 is 15.0 Å². The summed E-state index contributed by atoms with van der Waals surface area (Å²) in [6, 6.07) is 0.347. The van der Waals surface area contributed by atoms with Gasteiger partial charge in [0.25, 0.3) is 0 Å². The Morgan fingerprint density at radius 2 is 2.13 bits per heavy atom. The van der Waals surface area contributed by atoms with Crippen LogP contribution >= 0.6 is 0 Å². The Morgan fingerprint density at radius 1 is 1.47 bits per heavy atom. The van der Waals surface area contributed by atoms with Crippen molar-refractivity contribution in [3.8, 4) is 0 Å². The standard InChI is InChI=1S/C11H22N2O2/c1-9-8-13(7-5-6-12-9)10(14)15-11(2,3)4/h9,12H,5-8H2,1-4H3. The molecule has 0 spiro atoms. The molecular weight excluding hydrogens is 192 g/mol. The van der Waals surface area contributed by atoms with Crippen molar-refractivity contribution < 1.29 is 9.53 Å². The molecule has 0 saturated carbocycles. The third kappa shape index (κ3) is 4.51. The summed E-state index contributed by atoms with van der Waals surface area (Å²) < 4.78 is 5.34. The van der Waals surface area contributed by atoms with E-state index in [1.54, 1.807) is 4.90 Å². The highest BCUT2D eigenvalue weighted by atomic mass is 16.6. The molecular formula is C11H22N2O2. The topological polar surface area (TPSA) is 41.6 Å². The minimum atomic E-state index is -0.403. The highest BCUT2D eigenvalue weighted by Crippen LogP contribution is 2.11. The largest absolute Gasteiger partial charge is 0.444 e. The fraction of sp³-hybridized carbons (Fsp3) is 0.909. The van der Waals surface area contributed by atoms with Gasteiger partial charge in [0.15, 0.2) is 0 Å². The van der Waals surface area contributed by atoms with Crippen LogP contribution in [0.2, 0.25) is 0 Å². The van der Waals surface area contributed by atoms with Crippen molar-refractivity contribution in [2.24, 2.45) is 0 Å². The van der Waals surface area contributed by atoms with Gasteiger partial charge in [-0.3, -0.25) is 0 Å². The lowest BCUT2D eigenvalue weighted by Gasteiger charge is -2.27. The number of carbonyl (C=O) groups excluding carboxylic acids is 1. The number of hydrogen-bond acceptors (Lipinski definition) is 3. The molecule has 4 nitrogen and oxygen atoms in total. The number of amides is 1. The quantitative estimate of drug-likeness (QED) is 0.666. The number of rotatable bonds is 0. The van der Waals surface area contributed by atoms with E-state index >= 15 is 0 Å². The molecule has 4 heteroatoms. The van der Waals surface area contributed by atoms with Crippen LogP contribution in [0.15, 0.2) is 0 Å². The number of nitrogens with one attached hydrogen (secondary N) is 1. The molecule has 1 unspecified atom stereocenters. The van der Waals surface area contributed by atoms with Crippen LogP contribution in [0.4, 0.5) is 4.79 Å². The van der Waals surface area contributed by atoms with Gasteiger partial charge in [0.2, 0.25) is 0 Å². The van der Waals surface area contributed by atoms with E-state index in [0.29, 0.717) is 6.04 Å². The molecule has 0 aromatic heterocycles. The Balaban J connectivity index is 2.50. The van der Waals surface area contributed by atoms with Crippen LogP contribution in [0.25, 0.3) is 0 Å². The normalized spacial score (nSPS) is 23.5. The molecule has 1 aliphatic rings. The molecule has 0 radical (unpaired) electrons. The Hall–Kier alpha value is -0.770. The number of nitrogens with zero attached hydrogens (tertiary/aromatic N) is 1. The number of hydrogen-bond donors (Lipinski definition) is 1. The van der Waals surface area contributed by atoms with E-state index in [4.69, 9.17) is 4.74 Å². The third-order valence-electron chi connectivity index (χ3n) is 2.24. The molecule has 1 heterocycles. The maximum Gasteiger partial charge on any atom is 0.410 e. The molecule has 15 heavy (non-hydrogen) atoms. The number of ether oxygens (including phenoxy) is 1. The van der Waals surface area contributed by atoms with E-state index in [0.717, 1.165) is 26.1 Å². The molecule has 0 aliphatic carbocycles. The first-order chi connectivity index (χ1) is 6.88. The van der Waals surface area contributed by atoms with Crippen molar-refractivity contribution in [1.29, 1.82) is 0 Å². The second-order valence-corrected chi connectivity index (χ2v) is 5.14. The fourth-order valence-corrected chi connectivity index (χ4v) is 1.60. The first-order valence-corrected chi connectivity index (χ1v) is 5.60. The maximum atomic E-state index is 11.8. The second-order valence-electron chi connectivity index (χ2n) is 5.14. The fourth-order valence-electron chi connectivity index (χ4n) is 1.60. The van der Waals surface area contributed by atoms with Crippen molar-refractivity contribution in [1.82, 2.24) is 10.2 Å².